The van der Waals surface area contributed by atoms with E-state index in [1.807, 2.05) is 26.0 Å². The largest absolute Gasteiger partial charge is 0.480 e. The van der Waals surface area contributed by atoms with Crippen molar-refractivity contribution in [1.29, 1.82) is 0 Å². The summed E-state index contributed by atoms with van der Waals surface area (Å²) in [6.45, 7) is 10.6. The Bertz CT molecular complexity index is 1020. The van der Waals surface area contributed by atoms with Crippen LogP contribution in [0.15, 0.2) is 42.3 Å². The van der Waals surface area contributed by atoms with Gasteiger partial charge < -0.3 is 15.7 Å². The summed E-state index contributed by atoms with van der Waals surface area (Å²) in [4.78, 5) is 16.8. The number of aliphatic carboxylic acids is 1. The van der Waals surface area contributed by atoms with E-state index in [2.05, 4.69) is 16.7 Å². The molecule has 5 nitrogen and oxygen atoms in total. The van der Waals surface area contributed by atoms with E-state index >= 15 is 0 Å². The Morgan fingerprint density at radius 1 is 1.18 bits per heavy atom. The molecule has 1 aliphatic carbocycles. The van der Waals surface area contributed by atoms with E-state index in [-0.39, 0.29) is 41.0 Å². The van der Waals surface area contributed by atoms with Gasteiger partial charge in [0.15, 0.2) is 0 Å². The fraction of sp³-hybridized carbons (Fsp3) is 0.645. The van der Waals surface area contributed by atoms with Gasteiger partial charge in [0.2, 0.25) is 0 Å². The van der Waals surface area contributed by atoms with Gasteiger partial charge in [-0.05, 0) is 104 Å². The van der Waals surface area contributed by atoms with Crippen molar-refractivity contribution in [2.75, 3.05) is 38.5 Å². The lowest BCUT2D eigenvalue weighted by molar-refractivity contribution is -0.144. The predicted octanol–water partition coefficient (Wildman–Crippen LogP) is 5.78. The van der Waals surface area contributed by atoms with E-state index in [0.29, 0.717) is 18.4 Å². The maximum atomic E-state index is 14.3. The van der Waals surface area contributed by atoms with Crippen molar-refractivity contribution in [3.8, 4) is 0 Å². The molecule has 3 aliphatic rings. The molecular formula is C31H45F2N3O2. The summed E-state index contributed by atoms with van der Waals surface area (Å²) >= 11 is 0. The Balaban J connectivity index is 1.33. The first-order chi connectivity index (χ1) is 18.1. The number of nitrogen functional groups attached to an aromatic ring is 1. The first-order valence-corrected chi connectivity index (χ1v) is 14.4. The molecule has 0 spiro atoms. The number of likely N-dealkylation sites (tertiary alicyclic amines) is 2. The molecule has 0 radical (unpaired) electrons. The number of carboxylic acids is 1. The highest BCUT2D eigenvalue weighted by molar-refractivity contribution is 5.73. The van der Waals surface area contributed by atoms with Crippen molar-refractivity contribution in [2.24, 2.45) is 35.5 Å². The second-order valence-electron chi connectivity index (χ2n) is 12.2. The molecule has 2 unspecified atom stereocenters. The van der Waals surface area contributed by atoms with Gasteiger partial charge >= 0.3 is 5.97 Å². The highest BCUT2D eigenvalue weighted by atomic mass is 19.1. The number of hydrogen-bond acceptors (Lipinski definition) is 4. The summed E-state index contributed by atoms with van der Waals surface area (Å²) in [7, 11) is 0. The van der Waals surface area contributed by atoms with Crippen molar-refractivity contribution >= 4 is 11.7 Å². The third-order valence-electron chi connectivity index (χ3n) is 9.15. The Labute approximate surface area is 226 Å². The Hall–Kier alpha value is -2.25. The normalized spacial score (nSPS) is 28.1. The van der Waals surface area contributed by atoms with Gasteiger partial charge in [0.05, 0.1) is 5.69 Å². The van der Waals surface area contributed by atoms with Crippen LogP contribution in [-0.2, 0) is 11.2 Å². The number of aryl methyl sites for hydroxylation is 1. The zero-order valence-electron chi connectivity index (χ0n) is 23.2. The van der Waals surface area contributed by atoms with Crippen molar-refractivity contribution in [3.05, 3.63) is 53.6 Å². The van der Waals surface area contributed by atoms with Crippen LogP contribution in [0.25, 0.3) is 0 Å². The standard InChI is InChI=1S/C31H45F2N3O2/c1-20(2)30(31(37)38)36-18-24(27(19-36)26-16-25(32)9-7-21(26)3)17-35-13-11-22(12-14-35)5-4-6-23-8-10-29(34)28(33)15-23/h7-10,15-16,20-22,24,26-27,30H,4-6,11-14,17-19,34H2,1-3H3,(H,37,38)/t21?,24-,26?,27-,30+/m0/s1. The summed E-state index contributed by atoms with van der Waals surface area (Å²) in [6, 6.07) is 4.61. The molecule has 0 aromatic heterocycles. The summed E-state index contributed by atoms with van der Waals surface area (Å²) < 4.78 is 28.0. The second-order valence-corrected chi connectivity index (χ2v) is 12.2. The highest BCUT2D eigenvalue weighted by Crippen LogP contribution is 2.40. The average molecular weight is 530 g/mol. The van der Waals surface area contributed by atoms with Crippen LogP contribution in [0, 0.1) is 41.3 Å². The number of benzene rings is 1. The van der Waals surface area contributed by atoms with Crippen LogP contribution < -0.4 is 5.73 Å². The van der Waals surface area contributed by atoms with Crippen molar-refractivity contribution in [3.63, 3.8) is 0 Å². The smallest absolute Gasteiger partial charge is 0.321 e. The molecule has 2 aliphatic heterocycles. The average Bonchev–Trinajstić information content (AvgIpc) is 3.26. The number of carbonyl (C=O) groups is 1. The van der Waals surface area contributed by atoms with Crippen molar-refractivity contribution in [2.45, 2.75) is 58.9 Å². The van der Waals surface area contributed by atoms with E-state index in [1.165, 1.54) is 0 Å². The quantitative estimate of drug-likeness (QED) is 0.376. The molecule has 1 aromatic carbocycles. The fourth-order valence-electron chi connectivity index (χ4n) is 7.04. The Morgan fingerprint density at radius 2 is 1.92 bits per heavy atom. The fourth-order valence-corrected chi connectivity index (χ4v) is 7.04. The van der Waals surface area contributed by atoms with Crippen molar-refractivity contribution < 1.29 is 18.7 Å². The van der Waals surface area contributed by atoms with Crippen LogP contribution >= 0.6 is 0 Å². The molecule has 7 heteroatoms. The van der Waals surface area contributed by atoms with E-state index in [4.69, 9.17) is 5.73 Å². The highest BCUT2D eigenvalue weighted by Gasteiger charge is 2.44. The van der Waals surface area contributed by atoms with Crippen LogP contribution in [0.3, 0.4) is 0 Å². The predicted molar refractivity (Wildman–Crippen MR) is 149 cm³/mol. The van der Waals surface area contributed by atoms with Gasteiger partial charge in [0.25, 0.3) is 0 Å². The van der Waals surface area contributed by atoms with Crippen molar-refractivity contribution in [1.82, 2.24) is 9.80 Å². The van der Waals surface area contributed by atoms with Gasteiger partial charge in [0.1, 0.15) is 17.7 Å². The van der Waals surface area contributed by atoms with Crippen LogP contribution in [0.2, 0.25) is 0 Å². The van der Waals surface area contributed by atoms with E-state index in [1.54, 1.807) is 24.3 Å². The molecule has 38 heavy (non-hydrogen) atoms. The van der Waals surface area contributed by atoms with E-state index in [9.17, 15) is 18.7 Å². The van der Waals surface area contributed by atoms with Gasteiger partial charge in [-0.3, -0.25) is 9.69 Å². The third-order valence-corrected chi connectivity index (χ3v) is 9.15. The summed E-state index contributed by atoms with van der Waals surface area (Å²) in [5.41, 5.74) is 6.79. The molecular weight excluding hydrogens is 484 g/mol. The SMILES string of the molecule is CC1C=CC(F)=CC1[C@H]1CN([C@@H](C(=O)O)C(C)C)C[C@@H]1CN1CCC(CCCc2ccc(N)c(F)c2)CC1. The number of nitrogens with two attached hydrogens (primary N) is 1. The molecule has 0 saturated carbocycles. The first-order valence-electron chi connectivity index (χ1n) is 14.4. The minimum absolute atomic E-state index is 0.0170. The zero-order valence-corrected chi connectivity index (χ0v) is 23.2. The lowest BCUT2D eigenvalue weighted by Crippen LogP contribution is -2.44. The molecule has 210 valence electrons. The monoisotopic (exact) mass is 529 g/mol. The maximum Gasteiger partial charge on any atom is 0.321 e. The molecule has 0 amide bonds. The van der Waals surface area contributed by atoms with E-state index in [0.717, 1.165) is 63.8 Å². The van der Waals surface area contributed by atoms with Crippen LogP contribution in [0.4, 0.5) is 14.5 Å². The number of anilines is 1. The molecule has 2 saturated heterocycles. The van der Waals surface area contributed by atoms with Gasteiger partial charge in [-0.15, -0.1) is 0 Å². The Morgan fingerprint density at radius 3 is 2.58 bits per heavy atom. The van der Waals surface area contributed by atoms with Crippen LogP contribution in [0.5, 0.6) is 0 Å². The number of piperidine rings is 1. The molecule has 1 aromatic rings. The minimum atomic E-state index is -0.764. The summed E-state index contributed by atoms with van der Waals surface area (Å²) in [5.74, 6) is 0.306. The van der Waals surface area contributed by atoms with Crippen LogP contribution in [0.1, 0.15) is 52.0 Å². The molecule has 2 heterocycles. The molecule has 0 bridgehead atoms. The third kappa shape index (κ3) is 7.03. The number of halogens is 2. The molecule has 2 fully saturated rings. The number of hydrogen-bond donors (Lipinski definition) is 2. The lowest BCUT2D eigenvalue weighted by Gasteiger charge is -2.37. The van der Waals surface area contributed by atoms with Crippen LogP contribution in [-0.4, -0.2) is 59.6 Å². The molecule has 3 N–H and O–H groups in total. The first kappa shape index (κ1) is 28.8. The second kappa shape index (κ2) is 12.7. The van der Waals surface area contributed by atoms with Gasteiger partial charge in [0, 0.05) is 19.6 Å². The summed E-state index contributed by atoms with van der Waals surface area (Å²) in [5, 5.41) is 9.94. The maximum absolute atomic E-state index is 14.3. The van der Waals surface area contributed by atoms with Gasteiger partial charge in [-0.1, -0.05) is 39.3 Å². The van der Waals surface area contributed by atoms with Gasteiger partial charge in [-0.25, -0.2) is 8.78 Å². The number of rotatable bonds is 10. The number of carboxylic acid groups (broad SMARTS) is 1. The Kier molecular flexibility index (Phi) is 9.64. The zero-order chi connectivity index (χ0) is 27.4. The lowest BCUT2D eigenvalue weighted by atomic mass is 9.75. The molecule has 4 rings (SSSR count). The minimum Gasteiger partial charge on any atom is -0.480 e. The summed E-state index contributed by atoms with van der Waals surface area (Å²) in [6.07, 6.45) is 10.7. The topological polar surface area (TPSA) is 69.8 Å². The number of nitrogens with zero attached hydrogens (tertiary/aromatic N) is 2. The number of allylic oxidation sites excluding steroid dienone is 4. The van der Waals surface area contributed by atoms with Gasteiger partial charge in [-0.2, -0.15) is 0 Å². The molecule has 5 atom stereocenters. The van der Waals surface area contributed by atoms with E-state index < -0.39 is 12.0 Å².